The van der Waals surface area contributed by atoms with Gasteiger partial charge in [0.15, 0.2) is 0 Å². The minimum atomic E-state index is -0.208. The Morgan fingerprint density at radius 3 is 2.63 bits per heavy atom. The van der Waals surface area contributed by atoms with Crippen LogP contribution >= 0.6 is 0 Å². The molecule has 1 amide bonds. The van der Waals surface area contributed by atoms with Gasteiger partial charge in [-0.3, -0.25) is 10.1 Å². The van der Waals surface area contributed by atoms with Crippen molar-refractivity contribution in [2.75, 3.05) is 7.11 Å². The number of carbonyl (C=O) groups excluding carboxylic acids is 1. The Morgan fingerprint density at radius 2 is 2.00 bits per heavy atom. The molecule has 1 fully saturated rings. The quantitative estimate of drug-likeness (QED) is 0.824. The first-order valence-electron chi connectivity index (χ1n) is 6.81. The molecule has 1 aliphatic carbocycles. The van der Waals surface area contributed by atoms with E-state index < -0.39 is 0 Å². The molecular formula is C15H22N2O2. The maximum atomic E-state index is 11.9. The summed E-state index contributed by atoms with van der Waals surface area (Å²) in [6.45, 7) is 3.93. The van der Waals surface area contributed by atoms with E-state index in [-0.39, 0.29) is 18.0 Å². The summed E-state index contributed by atoms with van der Waals surface area (Å²) in [5, 5.41) is 6.32. The number of benzene rings is 1. The van der Waals surface area contributed by atoms with Gasteiger partial charge in [0.1, 0.15) is 5.75 Å². The van der Waals surface area contributed by atoms with Crippen molar-refractivity contribution in [3.05, 3.63) is 29.8 Å². The van der Waals surface area contributed by atoms with Crippen molar-refractivity contribution in [3.8, 4) is 5.75 Å². The zero-order valence-electron chi connectivity index (χ0n) is 11.8. The molecule has 1 saturated carbocycles. The number of nitrogens with one attached hydrogen (secondary N) is 2. The molecule has 0 saturated heterocycles. The number of amides is 1. The summed E-state index contributed by atoms with van der Waals surface area (Å²) < 4.78 is 5.34. The van der Waals surface area contributed by atoms with Crippen LogP contribution in [0.15, 0.2) is 24.3 Å². The molecule has 1 unspecified atom stereocenters. The summed E-state index contributed by atoms with van der Waals surface area (Å²) in [5.41, 5.74) is 1.07. The molecule has 0 radical (unpaired) electrons. The second-order valence-electron chi connectivity index (χ2n) is 5.13. The normalized spacial score (nSPS) is 17.6. The van der Waals surface area contributed by atoms with E-state index in [1.54, 1.807) is 7.11 Å². The summed E-state index contributed by atoms with van der Waals surface area (Å²) in [4.78, 5) is 11.9. The van der Waals surface area contributed by atoms with E-state index in [1.807, 2.05) is 38.1 Å². The highest BCUT2D eigenvalue weighted by molar-refractivity contribution is 5.81. The Morgan fingerprint density at radius 1 is 1.32 bits per heavy atom. The van der Waals surface area contributed by atoms with Gasteiger partial charge in [0, 0.05) is 17.6 Å². The highest BCUT2D eigenvalue weighted by Gasteiger charge is 2.26. The molecule has 2 rings (SSSR count). The Kier molecular flexibility index (Phi) is 4.43. The fourth-order valence-corrected chi connectivity index (χ4v) is 2.12. The van der Waals surface area contributed by atoms with Crippen LogP contribution in [0.3, 0.4) is 0 Å². The minimum Gasteiger partial charge on any atom is -0.496 e. The van der Waals surface area contributed by atoms with Gasteiger partial charge in [0.2, 0.25) is 5.91 Å². The molecule has 1 aromatic carbocycles. The van der Waals surface area contributed by atoms with Crippen molar-refractivity contribution in [1.82, 2.24) is 10.6 Å². The number of rotatable bonds is 6. The van der Waals surface area contributed by atoms with Gasteiger partial charge in [0.05, 0.1) is 13.2 Å². The van der Waals surface area contributed by atoms with Crippen LogP contribution in [0, 0.1) is 0 Å². The van der Waals surface area contributed by atoms with Gasteiger partial charge in [-0.25, -0.2) is 0 Å². The van der Waals surface area contributed by atoms with Gasteiger partial charge in [-0.15, -0.1) is 0 Å². The zero-order valence-corrected chi connectivity index (χ0v) is 11.8. The Hall–Kier alpha value is -1.55. The lowest BCUT2D eigenvalue weighted by atomic mass is 10.1. The maximum absolute atomic E-state index is 11.9. The number of carbonyl (C=O) groups is 1. The van der Waals surface area contributed by atoms with E-state index in [1.165, 1.54) is 0 Å². The summed E-state index contributed by atoms with van der Waals surface area (Å²) in [7, 11) is 1.66. The fourth-order valence-electron chi connectivity index (χ4n) is 2.12. The van der Waals surface area contributed by atoms with Gasteiger partial charge in [-0.05, 0) is 32.8 Å². The Labute approximate surface area is 114 Å². The van der Waals surface area contributed by atoms with Gasteiger partial charge >= 0.3 is 0 Å². The molecule has 1 aromatic rings. The summed E-state index contributed by atoms with van der Waals surface area (Å²) in [6.07, 6.45) is 2.22. The van der Waals surface area contributed by atoms with E-state index in [4.69, 9.17) is 4.74 Å². The molecule has 0 aliphatic heterocycles. The molecule has 0 spiro atoms. The lowest BCUT2D eigenvalue weighted by molar-refractivity contribution is -0.123. The van der Waals surface area contributed by atoms with Gasteiger partial charge in [-0.1, -0.05) is 18.2 Å². The third kappa shape index (κ3) is 3.70. The molecule has 19 heavy (non-hydrogen) atoms. The molecule has 0 heterocycles. The second kappa shape index (κ2) is 6.06. The van der Waals surface area contributed by atoms with Crippen molar-refractivity contribution in [1.29, 1.82) is 0 Å². The number of hydrogen-bond acceptors (Lipinski definition) is 3. The highest BCUT2D eigenvalue weighted by atomic mass is 16.5. The van der Waals surface area contributed by atoms with E-state index in [9.17, 15) is 4.79 Å². The lowest BCUT2D eigenvalue weighted by Crippen LogP contribution is -2.43. The molecule has 1 aliphatic rings. The minimum absolute atomic E-state index is 0.0658. The molecule has 104 valence electrons. The van der Waals surface area contributed by atoms with Crippen molar-refractivity contribution < 1.29 is 9.53 Å². The third-order valence-electron chi connectivity index (χ3n) is 3.42. The first-order valence-corrected chi connectivity index (χ1v) is 6.81. The number of ether oxygens (including phenoxy) is 1. The van der Waals surface area contributed by atoms with Gasteiger partial charge in [-0.2, -0.15) is 0 Å². The smallest absolute Gasteiger partial charge is 0.237 e. The highest BCUT2D eigenvalue weighted by Crippen LogP contribution is 2.24. The zero-order chi connectivity index (χ0) is 13.8. The molecular weight excluding hydrogens is 240 g/mol. The number of methoxy groups -OCH3 is 1. The summed E-state index contributed by atoms with van der Waals surface area (Å²) >= 11 is 0. The van der Waals surface area contributed by atoms with Crippen LogP contribution in [0.5, 0.6) is 5.75 Å². The SMILES string of the molecule is COc1ccccc1[C@H](C)NC(C)C(=O)NC1CC1. The average Bonchev–Trinajstić information content (AvgIpc) is 3.22. The predicted molar refractivity (Wildman–Crippen MR) is 75.2 cm³/mol. The second-order valence-corrected chi connectivity index (χ2v) is 5.13. The van der Waals surface area contributed by atoms with Gasteiger partial charge < -0.3 is 10.1 Å². The molecule has 0 bridgehead atoms. The lowest BCUT2D eigenvalue weighted by Gasteiger charge is -2.21. The molecule has 0 aromatic heterocycles. The maximum Gasteiger partial charge on any atom is 0.237 e. The largest absolute Gasteiger partial charge is 0.496 e. The number of para-hydroxylation sites is 1. The van der Waals surface area contributed by atoms with E-state index in [0.717, 1.165) is 24.2 Å². The van der Waals surface area contributed by atoms with Gasteiger partial charge in [0.25, 0.3) is 0 Å². The summed E-state index contributed by atoms with van der Waals surface area (Å²) in [6, 6.07) is 8.13. The molecule has 4 nitrogen and oxygen atoms in total. The first kappa shape index (κ1) is 13.9. The predicted octanol–water partition coefficient (Wildman–Crippen LogP) is 2.01. The Balaban J connectivity index is 1.95. The average molecular weight is 262 g/mol. The summed E-state index contributed by atoms with van der Waals surface area (Å²) in [5.74, 6) is 0.918. The van der Waals surface area contributed by atoms with E-state index in [0.29, 0.717) is 6.04 Å². The van der Waals surface area contributed by atoms with Crippen LogP contribution in [-0.4, -0.2) is 25.1 Å². The topological polar surface area (TPSA) is 50.4 Å². The van der Waals surface area contributed by atoms with Crippen LogP contribution in [0.1, 0.15) is 38.3 Å². The van der Waals surface area contributed by atoms with E-state index >= 15 is 0 Å². The van der Waals surface area contributed by atoms with Crippen molar-refractivity contribution in [3.63, 3.8) is 0 Å². The molecule has 4 heteroatoms. The van der Waals surface area contributed by atoms with Crippen LogP contribution in [0.4, 0.5) is 0 Å². The molecule has 2 atom stereocenters. The van der Waals surface area contributed by atoms with Crippen LogP contribution < -0.4 is 15.4 Å². The molecule has 2 N–H and O–H groups in total. The third-order valence-corrected chi connectivity index (χ3v) is 3.42. The number of hydrogen-bond donors (Lipinski definition) is 2. The van der Waals surface area contributed by atoms with Crippen molar-refractivity contribution in [2.24, 2.45) is 0 Å². The van der Waals surface area contributed by atoms with Crippen LogP contribution in [0.25, 0.3) is 0 Å². The fraction of sp³-hybridized carbons (Fsp3) is 0.533. The Bertz CT molecular complexity index is 444. The van der Waals surface area contributed by atoms with E-state index in [2.05, 4.69) is 10.6 Å². The van der Waals surface area contributed by atoms with Crippen molar-refractivity contribution >= 4 is 5.91 Å². The van der Waals surface area contributed by atoms with Crippen molar-refractivity contribution in [2.45, 2.75) is 44.8 Å². The van der Waals surface area contributed by atoms with Crippen LogP contribution in [0.2, 0.25) is 0 Å². The van der Waals surface area contributed by atoms with Crippen LogP contribution in [-0.2, 0) is 4.79 Å². The first-order chi connectivity index (χ1) is 9.11. The standard InChI is InChI=1S/C15H22N2O2/c1-10(13-6-4-5-7-14(13)19-3)16-11(2)15(18)17-12-8-9-12/h4-7,10-12,16H,8-9H2,1-3H3,(H,17,18)/t10-,11?/m0/s1. The monoisotopic (exact) mass is 262 g/mol.